The molecule has 0 spiro atoms. The van der Waals surface area contributed by atoms with Crippen LogP contribution in [0.5, 0.6) is 11.5 Å². The highest BCUT2D eigenvalue weighted by molar-refractivity contribution is 6.30. The molecule has 5 heteroatoms. The van der Waals surface area contributed by atoms with E-state index in [1.54, 1.807) is 12.1 Å². The highest BCUT2D eigenvalue weighted by atomic mass is 35.5. The molecule has 0 aromatic heterocycles. The fourth-order valence-corrected chi connectivity index (χ4v) is 3.98. The van der Waals surface area contributed by atoms with Crippen LogP contribution in [0.3, 0.4) is 0 Å². The number of fused-ring (bicyclic) bond motifs is 1. The molecule has 1 aliphatic heterocycles. The zero-order chi connectivity index (χ0) is 22.1. The Hall–Kier alpha value is -2.20. The van der Waals surface area contributed by atoms with Gasteiger partial charge in [0.2, 0.25) is 5.91 Å². The molecule has 0 atom stereocenters. The Morgan fingerprint density at radius 1 is 1.20 bits per heavy atom. The largest absolute Gasteiger partial charge is 0.494 e. The molecule has 2 aromatic rings. The Morgan fingerprint density at radius 3 is 2.53 bits per heavy atom. The van der Waals surface area contributed by atoms with Gasteiger partial charge in [-0.25, -0.2) is 0 Å². The van der Waals surface area contributed by atoms with Crippen LogP contribution >= 0.6 is 11.6 Å². The minimum absolute atomic E-state index is 0.00329. The third-order valence-electron chi connectivity index (χ3n) is 5.67. The first-order chi connectivity index (χ1) is 14.0. The number of carbonyl (C=O) groups is 1. The number of anilines is 1. The zero-order valence-electron chi connectivity index (χ0n) is 18.8. The molecule has 1 aliphatic rings. The summed E-state index contributed by atoms with van der Waals surface area (Å²) >= 11 is 5.90. The van der Waals surface area contributed by atoms with Crippen molar-refractivity contribution < 1.29 is 14.3 Å². The third kappa shape index (κ3) is 5.10. The van der Waals surface area contributed by atoms with E-state index in [9.17, 15) is 4.79 Å². The van der Waals surface area contributed by atoms with Crippen LogP contribution in [0.15, 0.2) is 30.3 Å². The fourth-order valence-electron chi connectivity index (χ4n) is 3.85. The Morgan fingerprint density at radius 2 is 1.87 bits per heavy atom. The molecule has 1 N–H and O–H groups in total. The highest BCUT2D eigenvalue weighted by Gasteiger charge is 2.35. The van der Waals surface area contributed by atoms with E-state index in [4.69, 9.17) is 21.1 Å². The van der Waals surface area contributed by atoms with Gasteiger partial charge in [0.15, 0.2) is 0 Å². The van der Waals surface area contributed by atoms with Crippen LogP contribution < -0.4 is 14.8 Å². The van der Waals surface area contributed by atoms with Crippen LogP contribution in [0.2, 0.25) is 5.02 Å². The Balaban J connectivity index is 1.62. The molecule has 3 rings (SSSR count). The minimum atomic E-state index is -0.526. The van der Waals surface area contributed by atoms with Gasteiger partial charge in [-0.2, -0.15) is 0 Å². The van der Waals surface area contributed by atoms with Crippen LogP contribution in [-0.4, -0.2) is 18.1 Å². The van der Waals surface area contributed by atoms with E-state index in [-0.39, 0.29) is 11.5 Å². The predicted octanol–water partition coefficient (Wildman–Crippen LogP) is 6.49. The standard InChI is InChI=1S/C25H32ClNO3/c1-16-14-17(2)21(22-20(16)15-25(5,6)30-22)27-23(28)24(3,4)12-7-13-29-19-10-8-18(26)9-11-19/h8-11,14H,7,12-13,15H2,1-6H3,(H,27,28). The van der Waals surface area contributed by atoms with Gasteiger partial charge in [0.25, 0.3) is 0 Å². The van der Waals surface area contributed by atoms with Crippen molar-refractivity contribution in [2.45, 2.75) is 66.4 Å². The van der Waals surface area contributed by atoms with Gasteiger partial charge in [-0.15, -0.1) is 0 Å². The molecule has 0 fully saturated rings. The number of nitrogens with one attached hydrogen (secondary N) is 1. The van der Waals surface area contributed by atoms with Crippen molar-refractivity contribution in [2.75, 3.05) is 11.9 Å². The second kappa shape index (κ2) is 8.50. The number of ether oxygens (including phenoxy) is 2. The SMILES string of the molecule is Cc1cc(C)c(NC(=O)C(C)(C)CCCOc2ccc(Cl)cc2)c2c1CC(C)(C)O2. The van der Waals surface area contributed by atoms with Crippen LogP contribution in [0, 0.1) is 19.3 Å². The molecule has 0 radical (unpaired) electrons. The number of hydrogen-bond acceptors (Lipinski definition) is 3. The van der Waals surface area contributed by atoms with E-state index in [1.165, 1.54) is 11.1 Å². The lowest BCUT2D eigenvalue weighted by Crippen LogP contribution is -2.32. The van der Waals surface area contributed by atoms with Gasteiger partial charge in [0.1, 0.15) is 17.1 Å². The van der Waals surface area contributed by atoms with Crippen molar-refractivity contribution in [1.82, 2.24) is 0 Å². The maximum Gasteiger partial charge on any atom is 0.230 e. The summed E-state index contributed by atoms with van der Waals surface area (Å²) in [5.41, 5.74) is 3.45. The van der Waals surface area contributed by atoms with Crippen molar-refractivity contribution >= 4 is 23.2 Å². The summed E-state index contributed by atoms with van der Waals surface area (Å²) < 4.78 is 12.0. The van der Waals surface area contributed by atoms with E-state index in [0.717, 1.165) is 35.6 Å². The number of carbonyl (C=O) groups excluding carboxylic acids is 1. The van der Waals surface area contributed by atoms with Gasteiger partial charge in [-0.3, -0.25) is 4.79 Å². The van der Waals surface area contributed by atoms with Gasteiger partial charge in [-0.05, 0) is 75.9 Å². The molecule has 2 aromatic carbocycles. The predicted molar refractivity (Wildman–Crippen MR) is 123 cm³/mol. The van der Waals surface area contributed by atoms with Crippen molar-refractivity contribution in [3.8, 4) is 11.5 Å². The third-order valence-corrected chi connectivity index (χ3v) is 5.92. The molecule has 0 saturated carbocycles. The summed E-state index contributed by atoms with van der Waals surface area (Å²) in [4.78, 5) is 13.1. The van der Waals surface area contributed by atoms with E-state index < -0.39 is 5.41 Å². The molecule has 30 heavy (non-hydrogen) atoms. The van der Waals surface area contributed by atoms with E-state index >= 15 is 0 Å². The molecule has 0 unspecified atom stereocenters. The minimum Gasteiger partial charge on any atom is -0.494 e. The molecular formula is C25H32ClNO3. The van der Waals surface area contributed by atoms with Gasteiger partial charge < -0.3 is 14.8 Å². The van der Waals surface area contributed by atoms with Crippen LogP contribution in [0.4, 0.5) is 5.69 Å². The first-order valence-electron chi connectivity index (χ1n) is 10.5. The lowest BCUT2D eigenvalue weighted by Gasteiger charge is -2.25. The smallest absolute Gasteiger partial charge is 0.230 e. The van der Waals surface area contributed by atoms with Crippen LogP contribution in [-0.2, 0) is 11.2 Å². The summed E-state index contributed by atoms with van der Waals surface area (Å²) in [6, 6.07) is 9.44. The topological polar surface area (TPSA) is 47.6 Å². The first-order valence-corrected chi connectivity index (χ1v) is 10.9. The monoisotopic (exact) mass is 429 g/mol. The molecule has 1 amide bonds. The molecule has 0 aliphatic carbocycles. The zero-order valence-corrected chi connectivity index (χ0v) is 19.6. The van der Waals surface area contributed by atoms with Gasteiger partial charge >= 0.3 is 0 Å². The van der Waals surface area contributed by atoms with E-state index in [0.29, 0.717) is 18.1 Å². The van der Waals surface area contributed by atoms with Crippen molar-refractivity contribution in [2.24, 2.45) is 5.41 Å². The number of amides is 1. The van der Waals surface area contributed by atoms with E-state index in [1.807, 2.05) is 32.9 Å². The summed E-state index contributed by atoms with van der Waals surface area (Å²) in [6.07, 6.45) is 2.34. The number of aryl methyl sites for hydroxylation is 2. The average molecular weight is 430 g/mol. The Bertz CT molecular complexity index is 932. The fraction of sp³-hybridized carbons (Fsp3) is 0.480. The van der Waals surface area contributed by atoms with Crippen molar-refractivity contribution in [1.29, 1.82) is 0 Å². The summed E-state index contributed by atoms with van der Waals surface area (Å²) in [6.45, 7) is 12.8. The van der Waals surface area contributed by atoms with Gasteiger partial charge in [0, 0.05) is 22.4 Å². The summed E-state index contributed by atoms with van der Waals surface area (Å²) in [5, 5.41) is 3.85. The van der Waals surface area contributed by atoms with Crippen LogP contribution in [0.1, 0.15) is 57.2 Å². The summed E-state index contributed by atoms with van der Waals surface area (Å²) in [5.74, 6) is 1.61. The van der Waals surface area contributed by atoms with Gasteiger partial charge in [-0.1, -0.05) is 31.5 Å². The quantitative estimate of drug-likeness (QED) is 0.511. The van der Waals surface area contributed by atoms with Gasteiger partial charge in [0.05, 0.1) is 12.3 Å². The molecule has 0 bridgehead atoms. The second-order valence-electron chi connectivity index (χ2n) is 9.48. The Labute approximate surface area is 184 Å². The number of benzene rings is 2. The maximum absolute atomic E-state index is 13.1. The molecule has 0 saturated heterocycles. The lowest BCUT2D eigenvalue weighted by molar-refractivity contribution is -0.124. The number of hydrogen-bond donors (Lipinski definition) is 1. The van der Waals surface area contributed by atoms with Crippen molar-refractivity contribution in [3.05, 3.63) is 52.0 Å². The average Bonchev–Trinajstić information content (AvgIpc) is 2.99. The molecular weight excluding hydrogens is 398 g/mol. The van der Waals surface area contributed by atoms with Crippen molar-refractivity contribution in [3.63, 3.8) is 0 Å². The summed E-state index contributed by atoms with van der Waals surface area (Å²) in [7, 11) is 0. The number of halogens is 1. The highest BCUT2D eigenvalue weighted by Crippen LogP contribution is 2.44. The number of rotatable bonds is 7. The Kier molecular flexibility index (Phi) is 6.37. The lowest BCUT2D eigenvalue weighted by atomic mass is 9.86. The molecule has 1 heterocycles. The molecule has 4 nitrogen and oxygen atoms in total. The second-order valence-corrected chi connectivity index (χ2v) is 9.91. The normalized spacial score (nSPS) is 14.8. The first kappa shape index (κ1) is 22.5. The molecule has 162 valence electrons. The van der Waals surface area contributed by atoms with E-state index in [2.05, 4.69) is 32.2 Å². The van der Waals surface area contributed by atoms with Crippen LogP contribution in [0.25, 0.3) is 0 Å². The maximum atomic E-state index is 13.1.